The van der Waals surface area contributed by atoms with Crippen LogP contribution in [0.2, 0.25) is 0 Å². The van der Waals surface area contributed by atoms with Crippen molar-refractivity contribution in [2.24, 2.45) is 4.99 Å². The average Bonchev–Trinajstić information content (AvgIpc) is 2.34. The van der Waals surface area contributed by atoms with Crippen molar-refractivity contribution in [1.29, 1.82) is 0 Å². The van der Waals surface area contributed by atoms with Crippen molar-refractivity contribution < 1.29 is 0 Å². The Morgan fingerprint density at radius 3 is 3.00 bits per heavy atom. The fraction of sp³-hybridized carbons (Fsp3) is 0.833. The van der Waals surface area contributed by atoms with E-state index in [4.69, 9.17) is 0 Å². The van der Waals surface area contributed by atoms with Crippen LogP contribution in [0.4, 0.5) is 0 Å². The molecule has 0 bridgehead atoms. The van der Waals surface area contributed by atoms with E-state index < -0.39 is 0 Å². The van der Waals surface area contributed by atoms with Crippen LogP contribution in [0.3, 0.4) is 0 Å². The zero-order valence-electron chi connectivity index (χ0n) is 6.42. The summed E-state index contributed by atoms with van der Waals surface area (Å²) >= 11 is 1.80. The van der Waals surface area contributed by atoms with E-state index in [1.54, 1.807) is 11.8 Å². The van der Waals surface area contributed by atoms with Crippen LogP contribution in [0.25, 0.3) is 0 Å². The van der Waals surface area contributed by atoms with Gasteiger partial charge in [-0.1, -0.05) is 11.8 Å². The van der Waals surface area contributed by atoms with Gasteiger partial charge in [-0.15, -0.1) is 0 Å². The highest BCUT2D eigenvalue weighted by molar-refractivity contribution is 8.14. The number of hydrogen-bond donors (Lipinski definition) is 1. The van der Waals surface area contributed by atoms with E-state index in [1.165, 1.54) is 0 Å². The standard InChI is InChI=1S/C6H13N3S/c1-9(2)5-8-6-7-3-4-10-6/h3-5H2,1-2H3,(H,7,8). The van der Waals surface area contributed by atoms with Crippen molar-refractivity contribution in [3.63, 3.8) is 0 Å². The van der Waals surface area contributed by atoms with Crippen molar-refractivity contribution in [2.45, 2.75) is 0 Å². The maximum Gasteiger partial charge on any atom is 0.157 e. The minimum atomic E-state index is 0.787. The Balaban J connectivity index is 2.25. The molecule has 0 aromatic heterocycles. The van der Waals surface area contributed by atoms with Crippen LogP contribution in [0.1, 0.15) is 0 Å². The molecule has 1 saturated heterocycles. The molecule has 4 heteroatoms. The lowest BCUT2D eigenvalue weighted by Gasteiger charge is -2.04. The molecule has 0 unspecified atom stereocenters. The number of hydrogen-bond acceptors (Lipinski definition) is 3. The second-order valence-electron chi connectivity index (χ2n) is 2.46. The third kappa shape index (κ3) is 2.58. The van der Waals surface area contributed by atoms with Crippen LogP contribution in [-0.4, -0.2) is 43.1 Å². The van der Waals surface area contributed by atoms with Gasteiger partial charge >= 0.3 is 0 Å². The van der Waals surface area contributed by atoms with Gasteiger partial charge in [0.1, 0.15) is 0 Å². The lowest BCUT2D eigenvalue weighted by Crippen LogP contribution is -2.17. The molecular weight excluding hydrogens is 146 g/mol. The maximum atomic E-state index is 4.32. The second-order valence-corrected chi connectivity index (χ2v) is 3.54. The normalized spacial score (nSPS) is 22.1. The summed E-state index contributed by atoms with van der Waals surface area (Å²) in [6, 6.07) is 0. The largest absolute Gasteiger partial charge is 0.364 e. The molecule has 1 heterocycles. The Bertz CT molecular complexity index is 125. The predicted molar refractivity (Wildman–Crippen MR) is 46.4 cm³/mol. The van der Waals surface area contributed by atoms with Crippen molar-refractivity contribution >= 4 is 16.9 Å². The summed E-state index contributed by atoms with van der Waals surface area (Å²) in [5.74, 6) is 1.16. The monoisotopic (exact) mass is 159 g/mol. The number of aliphatic imine (C=N–C) groups is 1. The molecule has 0 aromatic rings. The number of amidine groups is 1. The third-order valence-electron chi connectivity index (χ3n) is 1.11. The van der Waals surface area contributed by atoms with Crippen LogP contribution in [0.15, 0.2) is 4.99 Å². The summed E-state index contributed by atoms with van der Waals surface area (Å²) in [5.41, 5.74) is 0. The molecule has 0 radical (unpaired) electrons. The maximum absolute atomic E-state index is 4.32. The van der Waals surface area contributed by atoms with E-state index >= 15 is 0 Å². The van der Waals surface area contributed by atoms with Crippen molar-refractivity contribution in [2.75, 3.05) is 33.1 Å². The Labute approximate surface area is 65.9 Å². The van der Waals surface area contributed by atoms with E-state index in [0.29, 0.717) is 0 Å². The molecule has 1 aliphatic heterocycles. The van der Waals surface area contributed by atoms with Crippen molar-refractivity contribution in [1.82, 2.24) is 10.2 Å². The Hall–Kier alpha value is -0.220. The fourth-order valence-corrected chi connectivity index (χ4v) is 1.41. The molecule has 0 aromatic carbocycles. The Kier molecular flexibility index (Phi) is 3.02. The van der Waals surface area contributed by atoms with Gasteiger partial charge in [-0.2, -0.15) is 0 Å². The minimum Gasteiger partial charge on any atom is -0.364 e. The van der Waals surface area contributed by atoms with Crippen LogP contribution >= 0.6 is 11.8 Å². The van der Waals surface area contributed by atoms with E-state index in [1.807, 2.05) is 19.0 Å². The molecular formula is C6H13N3S. The molecule has 0 atom stereocenters. The van der Waals surface area contributed by atoms with Crippen LogP contribution in [0.5, 0.6) is 0 Å². The SMILES string of the molecule is CN(C)CN=C1NCCS1. The first-order valence-corrected chi connectivity index (χ1v) is 4.33. The molecule has 3 nitrogen and oxygen atoms in total. The van der Waals surface area contributed by atoms with Crippen LogP contribution < -0.4 is 5.32 Å². The molecule has 10 heavy (non-hydrogen) atoms. The number of nitrogens with one attached hydrogen (secondary N) is 1. The van der Waals surface area contributed by atoms with Crippen LogP contribution in [-0.2, 0) is 0 Å². The summed E-state index contributed by atoms with van der Waals surface area (Å²) < 4.78 is 0. The number of nitrogens with zero attached hydrogens (tertiary/aromatic N) is 2. The molecule has 1 N–H and O–H groups in total. The van der Waals surface area contributed by atoms with Gasteiger partial charge in [0.15, 0.2) is 5.17 Å². The molecule has 0 amide bonds. The summed E-state index contributed by atoms with van der Waals surface area (Å²) in [4.78, 5) is 6.37. The Morgan fingerprint density at radius 2 is 2.50 bits per heavy atom. The number of thioether (sulfide) groups is 1. The van der Waals surface area contributed by atoms with Gasteiger partial charge in [0.25, 0.3) is 0 Å². The van der Waals surface area contributed by atoms with E-state index in [0.717, 1.165) is 24.1 Å². The van der Waals surface area contributed by atoms with Gasteiger partial charge < -0.3 is 5.32 Å². The highest BCUT2D eigenvalue weighted by Crippen LogP contribution is 2.06. The van der Waals surface area contributed by atoms with Gasteiger partial charge in [0.05, 0.1) is 6.67 Å². The zero-order valence-corrected chi connectivity index (χ0v) is 7.24. The summed E-state index contributed by atoms with van der Waals surface area (Å²) in [5, 5.41) is 4.29. The summed E-state index contributed by atoms with van der Waals surface area (Å²) in [6.45, 7) is 1.85. The lowest BCUT2D eigenvalue weighted by molar-refractivity contribution is 0.424. The van der Waals surface area contributed by atoms with Crippen LogP contribution in [0, 0.1) is 0 Å². The van der Waals surface area contributed by atoms with Gasteiger partial charge in [-0.05, 0) is 14.1 Å². The van der Waals surface area contributed by atoms with Gasteiger partial charge in [-0.3, -0.25) is 4.90 Å². The van der Waals surface area contributed by atoms with Gasteiger partial charge in [-0.25, -0.2) is 4.99 Å². The first kappa shape index (κ1) is 7.88. The first-order valence-electron chi connectivity index (χ1n) is 3.35. The van der Waals surface area contributed by atoms with Crippen molar-refractivity contribution in [3.05, 3.63) is 0 Å². The van der Waals surface area contributed by atoms with Crippen molar-refractivity contribution in [3.8, 4) is 0 Å². The molecule has 0 aliphatic carbocycles. The lowest BCUT2D eigenvalue weighted by atomic mass is 10.8. The quantitative estimate of drug-likeness (QED) is 0.623. The molecule has 0 saturated carbocycles. The predicted octanol–water partition coefficient (Wildman–Crippen LogP) is 0.198. The molecule has 1 rings (SSSR count). The topological polar surface area (TPSA) is 27.6 Å². The Morgan fingerprint density at radius 1 is 1.70 bits per heavy atom. The highest BCUT2D eigenvalue weighted by atomic mass is 32.2. The molecule has 0 spiro atoms. The summed E-state index contributed by atoms with van der Waals surface area (Å²) in [7, 11) is 4.04. The first-order chi connectivity index (χ1) is 4.79. The third-order valence-corrected chi connectivity index (χ3v) is 2.07. The smallest absolute Gasteiger partial charge is 0.157 e. The average molecular weight is 159 g/mol. The zero-order chi connectivity index (χ0) is 7.40. The summed E-state index contributed by atoms with van der Waals surface area (Å²) in [6.07, 6.45) is 0. The number of rotatable bonds is 2. The van der Waals surface area contributed by atoms with E-state index in [9.17, 15) is 0 Å². The van der Waals surface area contributed by atoms with E-state index in [-0.39, 0.29) is 0 Å². The highest BCUT2D eigenvalue weighted by Gasteiger charge is 2.05. The molecule has 1 fully saturated rings. The second kappa shape index (κ2) is 3.83. The molecule has 1 aliphatic rings. The molecule has 58 valence electrons. The van der Waals surface area contributed by atoms with Gasteiger partial charge in [0.2, 0.25) is 0 Å². The van der Waals surface area contributed by atoms with E-state index in [2.05, 4.69) is 10.3 Å². The fourth-order valence-electron chi connectivity index (χ4n) is 0.664. The minimum absolute atomic E-state index is 0.787. The van der Waals surface area contributed by atoms with Gasteiger partial charge in [0, 0.05) is 12.3 Å².